The monoisotopic (exact) mass is 435 g/mol. The molecule has 0 aliphatic rings. The highest BCUT2D eigenvalue weighted by atomic mass is 19.4. The van der Waals surface area contributed by atoms with Crippen molar-refractivity contribution >= 4 is 17.8 Å². The maximum atomic E-state index is 13.0. The molecule has 0 radical (unpaired) electrons. The van der Waals surface area contributed by atoms with E-state index in [1.807, 2.05) is 0 Å². The van der Waals surface area contributed by atoms with Gasteiger partial charge in [-0.05, 0) is 31.2 Å². The second-order valence-corrected chi connectivity index (χ2v) is 6.15. The van der Waals surface area contributed by atoms with Crippen molar-refractivity contribution in [2.45, 2.75) is 19.2 Å². The summed E-state index contributed by atoms with van der Waals surface area (Å²) in [6.07, 6.45) is -1.70. The number of nitrogens with zero attached hydrogens (tertiary/aromatic N) is 4. The van der Waals surface area contributed by atoms with Crippen molar-refractivity contribution in [1.29, 1.82) is 0 Å². The molecule has 2 aromatic heterocycles. The fraction of sp³-hybridized carbons (Fsp3) is 0.211. The molecule has 0 spiro atoms. The molecule has 0 aliphatic carbocycles. The van der Waals surface area contributed by atoms with Gasteiger partial charge in [0.2, 0.25) is 11.6 Å². The number of benzene rings is 1. The van der Waals surface area contributed by atoms with Gasteiger partial charge in [-0.1, -0.05) is 6.07 Å². The van der Waals surface area contributed by atoms with E-state index in [9.17, 15) is 22.8 Å². The zero-order valence-electron chi connectivity index (χ0n) is 16.3. The Morgan fingerprint density at radius 1 is 1.16 bits per heavy atom. The first kappa shape index (κ1) is 21.7. The van der Waals surface area contributed by atoms with Crippen molar-refractivity contribution in [2.24, 2.45) is 0 Å². The van der Waals surface area contributed by atoms with Crippen LogP contribution < -0.4 is 10.1 Å². The lowest BCUT2D eigenvalue weighted by molar-refractivity contribution is -0.137. The minimum atomic E-state index is -4.54. The number of nitrogens with one attached hydrogen (secondary N) is 1. The lowest BCUT2D eigenvalue weighted by Gasteiger charge is -2.12. The fourth-order valence-corrected chi connectivity index (χ4v) is 2.45. The predicted octanol–water partition coefficient (Wildman–Crippen LogP) is 2.87. The van der Waals surface area contributed by atoms with Crippen LogP contribution in [0, 0.1) is 0 Å². The Balaban J connectivity index is 1.77. The summed E-state index contributed by atoms with van der Waals surface area (Å²) in [7, 11) is 1.26. The van der Waals surface area contributed by atoms with Crippen LogP contribution in [0.3, 0.4) is 0 Å². The highest BCUT2D eigenvalue weighted by Crippen LogP contribution is 2.31. The Hall–Kier alpha value is -3.96. The lowest BCUT2D eigenvalue weighted by atomic mass is 10.2. The van der Waals surface area contributed by atoms with Crippen LogP contribution in [0.4, 0.5) is 19.1 Å². The maximum absolute atomic E-state index is 13.0. The van der Waals surface area contributed by atoms with Crippen molar-refractivity contribution in [2.75, 3.05) is 12.4 Å². The third kappa shape index (κ3) is 5.15. The second-order valence-electron chi connectivity index (χ2n) is 6.15. The molecule has 31 heavy (non-hydrogen) atoms. The lowest BCUT2D eigenvalue weighted by Crippen LogP contribution is -2.30. The minimum Gasteiger partial charge on any atom is -0.493 e. The number of rotatable bonds is 6. The molecule has 0 fully saturated rings. The van der Waals surface area contributed by atoms with Gasteiger partial charge in [-0.2, -0.15) is 18.3 Å². The molecular formula is C19H16F3N5O4. The molecule has 3 aromatic rings. The Morgan fingerprint density at radius 2 is 1.87 bits per heavy atom. The minimum absolute atomic E-state index is 0.0294. The molecule has 162 valence electrons. The number of halogens is 3. The Kier molecular flexibility index (Phi) is 6.18. The fourth-order valence-electron chi connectivity index (χ4n) is 2.45. The number of hydrogen-bond donors (Lipinski definition) is 1. The van der Waals surface area contributed by atoms with Gasteiger partial charge in [0.25, 0.3) is 5.91 Å². The molecule has 3 rings (SSSR count). The highest BCUT2D eigenvalue weighted by Gasteiger charge is 2.31. The first-order valence-corrected chi connectivity index (χ1v) is 8.79. The van der Waals surface area contributed by atoms with Crippen LogP contribution in [0.5, 0.6) is 5.75 Å². The summed E-state index contributed by atoms with van der Waals surface area (Å²) in [5.41, 5.74) is -1.13. The van der Waals surface area contributed by atoms with Crippen LogP contribution in [0.15, 0.2) is 48.9 Å². The van der Waals surface area contributed by atoms with E-state index in [0.717, 1.165) is 16.8 Å². The quantitative estimate of drug-likeness (QED) is 0.593. The molecule has 0 saturated heterocycles. The zero-order chi connectivity index (χ0) is 22.6. The first-order valence-electron chi connectivity index (χ1n) is 8.79. The van der Waals surface area contributed by atoms with E-state index in [0.29, 0.717) is 0 Å². The average Bonchev–Trinajstić information content (AvgIpc) is 3.18. The molecule has 1 amide bonds. The maximum Gasteiger partial charge on any atom is 0.416 e. The summed E-state index contributed by atoms with van der Waals surface area (Å²) in [5, 5.41) is 6.34. The first-order chi connectivity index (χ1) is 14.7. The third-order valence-electron chi connectivity index (χ3n) is 3.99. The van der Waals surface area contributed by atoms with Crippen LogP contribution in [0.2, 0.25) is 0 Å². The van der Waals surface area contributed by atoms with E-state index >= 15 is 0 Å². The van der Waals surface area contributed by atoms with Gasteiger partial charge in [0, 0.05) is 12.4 Å². The van der Waals surface area contributed by atoms with Crippen molar-refractivity contribution in [1.82, 2.24) is 19.7 Å². The van der Waals surface area contributed by atoms with Crippen LogP contribution in [-0.4, -0.2) is 44.8 Å². The number of carbonyl (C=O) groups is 2. The second kappa shape index (κ2) is 8.81. The van der Waals surface area contributed by atoms with Crippen molar-refractivity contribution in [3.05, 3.63) is 60.2 Å². The molecule has 12 heteroatoms. The number of anilines is 1. The number of alkyl halides is 3. The molecule has 1 unspecified atom stereocenters. The molecule has 1 aromatic carbocycles. The SMILES string of the molecule is COc1cn(-c2cccc(C(F)(F)F)c2)nc1C(=O)OC(C)C(=O)Nc1ncccn1. The summed E-state index contributed by atoms with van der Waals surface area (Å²) in [5.74, 6) is -1.70. The zero-order valence-corrected chi connectivity index (χ0v) is 16.3. The van der Waals surface area contributed by atoms with Gasteiger partial charge in [0.05, 0.1) is 24.6 Å². The number of carbonyl (C=O) groups excluding carboxylic acids is 2. The van der Waals surface area contributed by atoms with Gasteiger partial charge in [-0.3, -0.25) is 10.1 Å². The smallest absolute Gasteiger partial charge is 0.416 e. The van der Waals surface area contributed by atoms with Gasteiger partial charge in [0.1, 0.15) is 0 Å². The number of ether oxygens (including phenoxy) is 2. The third-order valence-corrected chi connectivity index (χ3v) is 3.99. The molecular weight excluding hydrogens is 419 g/mol. The van der Waals surface area contributed by atoms with Gasteiger partial charge in [-0.25, -0.2) is 19.4 Å². The summed E-state index contributed by atoms with van der Waals surface area (Å²) in [6.45, 7) is 1.33. The standard InChI is InChI=1S/C19H16F3N5O4/c1-11(16(28)25-18-23-7-4-8-24-18)31-17(29)15-14(30-2)10-27(26-15)13-6-3-5-12(9-13)19(20,21)22/h3-11H,1-2H3,(H,23,24,25,28). The van der Waals surface area contributed by atoms with Crippen LogP contribution in [-0.2, 0) is 15.7 Å². The summed E-state index contributed by atoms with van der Waals surface area (Å²) in [6, 6.07) is 5.94. The van der Waals surface area contributed by atoms with Gasteiger partial charge >= 0.3 is 12.1 Å². The number of hydrogen-bond acceptors (Lipinski definition) is 7. The Bertz CT molecular complexity index is 1090. The average molecular weight is 435 g/mol. The van der Waals surface area contributed by atoms with Crippen molar-refractivity contribution in [3.63, 3.8) is 0 Å². The molecule has 0 bridgehead atoms. The van der Waals surface area contributed by atoms with Gasteiger partial charge in [-0.15, -0.1) is 0 Å². The highest BCUT2D eigenvalue weighted by molar-refractivity contribution is 5.96. The van der Waals surface area contributed by atoms with Crippen LogP contribution in [0.1, 0.15) is 23.0 Å². The number of methoxy groups -OCH3 is 1. The largest absolute Gasteiger partial charge is 0.493 e. The van der Waals surface area contributed by atoms with E-state index in [1.54, 1.807) is 6.07 Å². The predicted molar refractivity (Wildman–Crippen MR) is 101 cm³/mol. The molecule has 0 saturated carbocycles. The van der Waals surface area contributed by atoms with Gasteiger partial charge in [0.15, 0.2) is 11.9 Å². The molecule has 9 nitrogen and oxygen atoms in total. The van der Waals surface area contributed by atoms with E-state index in [1.165, 1.54) is 44.8 Å². The Morgan fingerprint density at radius 3 is 2.52 bits per heavy atom. The number of esters is 1. The molecule has 2 heterocycles. The van der Waals surface area contributed by atoms with E-state index in [2.05, 4.69) is 20.4 Å². The number of amides is 1. The summed E-state index contributed by atoms with van der Waals surface area (Å²) < 4.78 is 50.1. The summed E-state index contributed by atoms with van der Waals surface area (Å²) in [4.78, 5) is 32.3. The summed E-state index contributed by atoms with van der Waals surface area (Å²) >= 11 is 0. The Labute approximate surface area is 173 Å². The molecule has 1 atom stereocenters. The number of aromatic nitrogens is 4. The van der Waals surface area contributed by atoms with Crippen molar-refractivity contribution < 1.29 is 32.2 Å². The van der Waals surface area contributed by atoms with Crippen LogP contribution in [0.25, 0.3) is 5.69 Å². The van der Waals surface area contributed by atoms with Crippen molar-refractivity contribution in [3.8, 4) is 11.4 Å². The molecule has 1 N–H and O–H groups in total. The van der Waals surface area contributed by atoms with E-state index < -0.39 is 29.7 Å². The molecule has 0 aliphatic heterocycles. The normalized spacial score (nSPS) is 12.2. The topological polar surface area (TPSA) is 108 Å². The van der Waals surface area contributed by atoms with E-state index in [4.69, 9.17) is 9.47 Å². The van der Waals surface area contributed by atoms with E-state index in [-0.39, 0.29) is 23.1 Å². The van der Waals surface area contributed by atoms with Gasteiger partial charge < -0.3 is 9.47 Å². The van der Waals surface area contributed by atoms with Crippen LogP contribution >= 0.6 is 0 Å².